The Morgan fingerprint density at radius 1 is 1.00 bits per heavy atom. The van der Waals surface area contributed by atoms with E-state index in [1.165, 1.54) is 13.8 Å². The van der Waals surface area contributed by atoms with E-state index in [1.54, 1.807) is 0 Å². The summed E-state index contributed by atoms with van der Waals surface area (Å²) in [5.74, 6) is -2.94. The maximum atomic E-state index is 11.8. The molecular formula is C18H18O6. The zero-order chi connectivity index (χ0) is 18.1. The van der Waals surface area contributed by atoms with E-state index < -0.39 is 23.7 Å². The van der Waals surface area contributed by atoms with Crippen molar-refractivity contribution >= 4 is 17.9 Å². The first-order valence-corrected chi connectivity index (χ1v) is 6.96. The van der Waals surface area contributed by atoms with Gasteiger partial charge in [0.15, 0.2) is 0 Å². The van der Waals surface area contributed by atoms with Gasteiger partial charge in [-0.1, -0.05) is 36.9 Å². The zero-order valence-electron chi connectivity index (χ0n) is 13.5. The minimum Gasteiger partial charge on any atom is -0.457 e. The molecular weight excluding hydrogens is 312 g/mol. The highest BCUT2D eigenvalue weighted by Gasteiger charge is 2.15. The minimum atomic E-state index is -1.00. The largest absolute Gasteiger partial charge is 0.457 e. The van der Waals surface area contributed by atoms with Crippen LogP contribution in [0.25, 0.3) is 0 Å². The molecule has 1 aromatic rings. The van der Waals surface area contributed by atoms with E-state index in [4.69, 9.17) is 9.47 Å². The van der Waals surface area contributed by atoms with E-state index >= 15 is 0 Å². The summed E-state index contributed by atoms with van der Waals surface area (Å²) >= 11 is 0. The van der Waals surface area contributed by atoms with Crippen LogP contribution in [-0.4, -0.2) is 17.9 Å². The fraction of sp³-hybridized carbons (Fsp3) is 0.167. The third kappa shape index (κ3) is 6.31. The van der Waals surface area contributed by atoms with Crippen LogP contribution in [0.2, 0.25) is 0 Å². The standard InChI is InChI=1S/C18H18O6/c1-12(2)16(19)24-14(4)18(21)22-10-13(3)17(20)23-11-15-8-6-5-7-9-15/h5-10H,1,4,11H2,2-3H3. The van der Waals surface area contributed by atoms with Gasteiger partial charge in [0, 0.05) is 5.57 Å². The van der Waals surface area contributed by atoms with Gasteiger partial charge in [0.2, 0.25) is 5.76 Å². The van der Waals surface area contributed by atoms with Crippen molar-refractivity contribution in [2.75, 3.05) is 0 Å². The van der Waals surface area contributed by atoms with Gasteiger partial charge in [0.05, 0.1) is 5.57 Å². The average Bonchev–Trinajstić information content (AvgIpc) is 2.57. The lowest BCUT2D eigenvalue weighted by Gasteiger charge is -2.06. The molecule has 0 amide bonds. The van der Waals surface area contributed by atoms with Crippen LogP contribution in [0.15, 0.2) is 66.7 Å². The fourth-order valence-electron chi connectivity index (χ4n) is 1.33. The van der Waals surface area contributed by atoms with Crippen LogP contribution in [-0.2, 0) is 35.2 Å². The van der Waals surface area contributed by atoms with Crippen molar-refractivity contribution in [3.8, 4) is 0 Å². The van der Waals surface area contributed by atoms with Crippen LogP contribution in [0.3, 0.4) is 0 Å². The molecule has 0 aliphatic rings. The second-order valence-corrected chi connectivity index (χ2v) is 4.86. The van der Waals surface area contributed by atoms with E-state index in [0.717, 1.165) is 11.8 Å². The monoisotopic (exact) mass is 330 g/mol. The molecule has 0 unspecified atom stereocenters. The molecule has 0 N–H and O–H groups in total. The second-order valence-electron chi connectivity index (χ2n) is 4.86. The molecule has 0 heterocycles. The summed E-state index contributed by atoms with van der Waals surface area (Å²) in [5, 5.41) is 0. The lowest BCUT2D eigenvalue weighted by molar-refractivity contribution is -0.146. The lowest BCUT2D eigenvalue weighted by atomic mass is 10.2. The summed E-state index contributed by atoms with van der Waals surface area (Å²) in [6, 6.07) is 9.12. The Kier molecular flexibility index (Phi) is 7.16. The summed E-state index contributed by atoms with van der Waals surface area (Å²) in [6.45, 7) is 9.58. The topological polar surface area (TPSA) is 78.9 Å². The molecule has 1 rings (SSSR count). The van der Waals surface area contributed by atoms with Crippen molar-refractivity contribution in [3.05, 3.63) is 72.2 Å². The molecule has 0 bridgehead atoms. The van der Waals surface area contributed by atoms with Crippen molar-refractivity contribution in [3.63, 3.8) is 0 Å². The molecule has 0 saturated heterocycles. The average molecular weight is 330 g/mol. The highest BCUT2D eigenvalue weighted by molar-refractivity contribution is 5.94. The molecule has 126 valence electrons. The summed E-state index contributed by atoms with van der Waals surface area (Å²) in [4.78, 5) is 34.6. The van der Waals surface area contributed by atoms with Crippen LogP contribution in [0.5, 0.6) is 0 Å². The maximum absolute atomic E-state index is 11.8. The number of esters is 3. The molecule has 0 aliphatic carbocycles. The highest BCUT2D eigenvalue weighted by Crippen LogP contribution is 2.07. The Morgan fingerprint density at radius 3 is 2.21 bits per heavy atom. The number of ether oxygens (including phenoxy) is 3. The van der Waals surface area contributed by atoms with Gasteiger partial charge >= 0.3 is 17.9 Å². The third-order valence-corrected chi connectivity index (χ3v) is 2.67. The molecule has 0 atom stereocenters. The van der Waals surface area contributed by atoms with Crippen molar-refractivity contribution < 1.29 is 28.6 Å². The SMILES string of the molecule is C=C(C)C(=O)OC(=C)C(=O)OC=C(C)C(=O)OCc1ccccc1. The normalized spacial score (nSPS) is 10.5. The third-order valence-electron chi connectivity index (χ3n) is 2.67. The van der Waals surface area contributed by atoms with Gasteiger partial charge in [0.25, 0.3) is 0 Å². The number of benzene rings is 1. The van der Waals surface area contributed by atoms with Crippen molar-refractivity contribution in [2.24, 2.45) is 0 Å². The van der Waals surface area contributed by atoms with Crippen LogP contribution < -0.4 is 0 Å². The summed E-state index contributed by atoms with van der Waals surface area (Å²) in [7, 11) is 0. The van der Waals surface area contributed by atoms with E-state index in [-0.39, 0.29) is 17.8 Å². The lowest BCUT2D eigenvalue weighted by Crippen LogP contribution is -2.13. The predicted molar refractivity (Wildman–Crippen MR) is 86.1 cm³/mol. The first-order chi connectivity index (χ1) is 11.3. The molecule has 1 aromatic carbocycles. The molecule has 0 saturated carbocycles. The number of carbonyl (C=O) groups excluding carboxylic acids is 3. The van der Waals surface area contributed by atoms with Gasteiger partial charge in [-0.25, -0.2) is 14.4 Å². The second kappa shape index (κ2) is 9.09. The molecule has 0 radical (unpaired) electrons. The Balaban J connectivity index is 2.48. The highest BCUT2D eigenvalue weighted by atomic mass is 16.6. The number of carbonyl (C=O) groups is 3. The first kappa shape index (κ1) is 18.9. The Labute approximate surface area is 140 Å². The Bertz CT molecular complexity index is 685. The van der Waals surface area contributed by atoms with Crippen LogP contribution in [0, 0.1) is 0 Å². The minimum absolute atomic E-state index is 0.0679. The van der Waals surface area contributed by atoms with Gasteiger partial charge in [0.1, 0.15) is 12.9 Å². The van der Waals surface area contributed by atoms with Crippen LogP contribution in [0.1, 0.15) is 19.4 Å². The number of rotatable bonds is 7. The van der Waals surface area contributed by atoms with Crippen molar-refractivity contribution in [1.29, 1.82) is 0 Å². The molecule has 6 nitrogen and oxygen atoms in total. The van der Waals surface area contributed by atoms with Gasteiger partial charge in [-0.3, -0.25) is 0 Å². The first-order valence-electron chi connectivity index (χ1n) is 6.96. The summed E-state index contributed by atoms with van der Waals surface area (Å²) in [6.07, 6.45) is 0.912. The van der Waals surface area contributed by atoms with Crippen molar-refractivity contribution in [1.82, 2.24) is 0 Å². The number of hydrogen-bond donors (Lipinski definition) is 0. The Morgan fingerprint density at radius 2 is 1.62 bits per heavy atom. The molecule has 0 aliphatic heterocycles. The summed E-state index contributed by atoms with van der Waals surface area (Å²) in [5.41, 5.74) is 1.01. The van der Waals surface area contributed by atoms with Crippen LogP contribution in [0.4, 0.5) is 0 Å². The van der Waals surface area contributed by atoms with Gasteiger partial charge in [-0.05, 0) is 26.0 Å². The molecule has 0 fully saturated rings. The van der Waals surface area contributed by atoms with E-state index in [2.05, 4.69) is 17.9 Å². The molecule has 24 heavy (non-hydrogen) atoms. The van der Waals surface area contributed by atoms with Crippen LogP contribution >= 0.6 is 0 Å². The van der Waals surface area contributed by atoms with Gasteiger partial charge in [-0.15, -0.1) is 0 Å². The Hall–Kier alpha value is -3.15. The predicted octanol–water partition coefficient (Wildman–Crippen LogP) is 2.81. The van der Waals surface area contributed by atoms with Crippen molar-refractivity contribution in [2.45, 2.75) is 20.5 Å². The molecule has 0 aromatic heterocycles. The van der Waals surface area contributed by atoms with E-state index in [9.17, 15) is 14.4 Å². The smallest absolute Gasteiger partial charge is 0.378 e. The zero-order valence-corrected chi connectivity index (χ0v) is 13.5. The molecule has 0 spiro atoms. The van der Waals surface area contributed by atoms with E-state index in [1.807, 2.05) is 30.3 Å². The quantitative estimate of drug-likeness (QED) is 0.331. The van der Waals surface area contributed by atoms with Gasteiger partial charge < -0.3 is 14.2 Å². The molecule has 6 heteroatoms. The number of hydrogen-bond acceptors (Lipinski definition) is 6. The fourth-order valence-corrected chi connectivity index (χ4v) is 1.33. The van der Waals surface area contributed by atoms with Gasteiger partial charge in [-0.2, -0.15) is 0 Å². The van der Waals surface area contributed by atoms with E-state index in [0.29, 0.717) is 0 Å². The maximum Gasteiger partial charge on any atom is 0.378 e. The summed E-state index contributed by atoms with van der Waals surface area (Å²) < 4.78 is 14.4.